The molecular weight excluding hydrogens is 545 g/mol. The average Bonchev–Trinajstić information content (AvgIpc) is 3.18. The lowest BCUT2D eigenvalue weighted by molar-refractivity contribution is 0.182. The Kier molecular flexibility index (Phi) is 6.19. The maximum Gasteiger partial charge on any atom is 0.138 e. The first-order valence-corrected chi connectivity index (χ1v) is 12.0. The molecule has 0 radical (unpaired) electrons. The molecule has 2 aromatic heterocycles. The fraction of sp³-hybridized carbons (Fsp3) is 0.111. The number of halogens is 2. The zero-order valence-corrected chi connectivity index (χ0v) is 20.9. The summed E-state index contributed by atoms with van der Waals surface area (Å²) in [5, 5.41) is 6.49. The number of methoxy groups -OCH3 is 1. The van der Waals surface area contributed by atoms with Crippen molar-refractivity contribution in [3.05, 3.63) is 128 Å². The molecule has 164 valence electrons. The van der Waals surface area contributed by atoms with Crippen molar-refractivity contribution in [2.45, 2.75) is 12.1 Å². The highest BCUT2D eigenvalue weighted by Crippen LogP contribution is 2.43. The van der Waals surface area contributed by atoms with Crippen LogP contribution >= 0.6 is 34.2 Å². The van der Waals surface area contributed by atoms with E-state index in [4.69, 9.17) is 21.4 Å². The molecule has 0 aliphatic carbocycles. The van der Waals surface area contributed by atoms with Gasteiger partial charge in [-0.2, -0.15) is 5.10 Å². The van der Waals surface area contributed by atoms with Gasteiger partial charge in [0.05, 0.1) is 23.2 Å². The van der Waals surface area contributed by atoms with Crippen LogP contribution in [0.1, 0.15) is 22.4 Å². The molecule has 5 aromatic rings. The van der Waals surface area contributed by atoms with E-state index in [9.17, 15) is 0 Å². The standard InChI is InChI=1S/C27H21ClIN3O/c1-33-18-22-25-23(17-24(28)30-22)32(31-26(25)29)27(19-11-5-2-6-12-19,20-13-7-3-8-14-20)21-15-9-4-10-16-21/h2-17H,18H2,1H3. The van der Waals surface area contributed by atoms with Gasteiger partial charge in [0.25, 0.3) is 0 Å². The van der Waals surface area contributed by atoms with Gasteiger partial charge in [0, 0.05) is 13.2 Å². The molecule has 5 rings (SSSR count). The summed E-state index contributed by atoms with van der Waals surface area (Å²) in [5.41, 5.74) is 4.26. The van der Waals surface area contributed by atoms with Crippen LogP contribution in [0.15, 0.2) is 97.1 Å². The third kappa shape index (κ3) is 3.74. The summed E-state index contributed by atoms with van der Waals surface area (Å²) in [4.78, 5) is 4.55. The summed E-state index contributed by atoms with van der Waals surface area (Å²) in [7, 11) is 1.66. The first kappa shape index (κ1) is 22.1. The van der Waals surface area contributed by atoms with E-state index in [-0.39, 0.29) is 0 Å². The van der Waals surface area contributed by atoms with Crippen LogP contribution in [0.5, 0.6) is 0 Å². The number of aromatic nitrogens is 3. The highest BCUT2D eigenvalue weighted by atomic mass is 127. The summed E-state index contributed by atoms with van der Waals surface area (Å²) in [6.45, 7) is 0.355. The number of ether oxygens (including phenoxy) is 1. The first-order valence-electron chi connectivity index (χ1n) is 10.6. The molecule has 6 heteroatoms. The molecule has 0 aliphatic heterocycles. The van der Waals surface area contributed by atoms with Gasteiger partial charge in [0.15, 0.2) is 0 Å². The van der Waals surface area contributed by atoms with E-state index in [1.54, 1.807) is 7.11 Å². The fourth-order valence-electron chi connectivity index (χ4n) is 4.54. The molecule has 0 atom stereocenters. The molecule has 4 nitrogen and oxygen atoms in total. The number of rotatable bonds is 6. The predicted molar refractivity (Wildman–Crippen MR) is 141 cm³/mol. The Morgan fingerprint density at radius 2 is 1.33 bits per heavy atom. The van der Waals surface area contributed by atoms with Crippen LogP contribution in [0.4, 0.5) is 0 Å². The molecule has 0 amide bonds. The summed E-state index contributed by atoms with van der Waals surface area (Å²) in [6.07, 6.45) is 0. The van der Waals surface area contributed by atoms with E-state index in [1.807, 2.05) is 24.3 Å². The van der Waals surface area contributed by atoms with Gasteiger partial charge in [-0.3, -0.25) is 0 Å². The zero-order valence-electron chi connectivity index (χ0n) is 18.0. The van der Waals surface area contributed by atoms with Gasteiger partial charge in [-0.1, -0.05) is 103 Å². The van der Waals surface area contributed by atoms with Crippen LogP contribution in [0, 0.1) is 3.70 Å². The quantitative estimate of drug-likeness (QED) is 0.131. The van der Waals surface area contributed by atoms with Gasteiger partial charge in [0.1, 0.15) is 14.4 Å². The lowest BCUT2D eigenvalue weighted by atomic mass is 9.77. The van der Waals surface area contributed by atoms with E-state index in [0.29, 0.717) is 11.8 Å². The van der Waals surface area contributed by atoms with E-state index < -0.39 is 5.54 Å². The number of hydrogen-bond donors (Lipinski definition) is 0. The predicted octanol–water partition coefficient (Wildman–Crippen LogP) is 6.68. The Bertz CT molecular complexity index is 1290. The van der Waals surface area contributed by atoms with E-state index in [0.717, 1.165) is 37.0 Å². The Morgan fingerprint density at radius 3 is 1.79 bits per heavy atom. The minimum atomic E-state index is -0.722. The maximum absolute atomic E-state index is 6.52. The lowest BCUT2D eigenvalue weighted by Crippen LogP contribution is -2.38. The van der Waals surface area contributed by atoms with Crippen molar-refractivity contribution in [3.63, 3.8) is 0 Å². The molecule has 0 aliphatic rings. The van der Waals surface area contributed by atoms with Crippen molar-refractivity contribution in [2.75, 3.05) is 7.11 Å². The van der Waals surface area contributed by atoms with Crippen LogP contribution in [-0.2, 0) is 16.9 Å². The van der Waals surface area contributed by atoms with Crippen molar-refractivity contribution < 1.29 is 4.74 Å². The normalized spacial score (nSPS) is 11.7. The highest BCUT2D eigenvalue weighted by molar-refractivity contribution is 14.1. The van der Waals surface area contributed by atoms with Gasteiger partial charge in [-0.25, -0.2) is 9.67 Å². The van der Waals surface area contributed by atoms with Crippen molar-refractivity contribution in [1.82, 2.24) is 14.8 Å². The van der Waals surface area contributed by atoms with Gasteiger partial charge < -0.3 is 4.74 Å². The van der Waals surface area contributed by atoms with Crippen LogP contribution in [0.25, 0.3) is 10.9 Å². The Hall–Kier alpha value is -2.74. The summed E-state index contributed by atoms with van der Waals surface area (Å²) in [5.74, 6) is 0. The Morgan fingerprint density at radius 1 is 0.848 bits per heavy atom. The Labute approximate surface area is 211 Å². The smallest absolute Gasteiger partial charge is 0.138 e. The molecule has 33 heavy (non-hydrogen) atoms. The second-order valence-corrected chi connectivity index (χ2v) is 9.14. The van der Waals surface area contributed by atoms with E-state index in [2.05, 4.69) is 105 Å². The number of hydrogen-bond acceptors (Lipinski definition) is 3. The molecule has 0 bridgehead atoms. The number of fused-ring (bicyclic) bond motifs is 1. The minimum absolute atomic E-state index is 0.355. The van der Waals surface area contributed by atoms with Crippen molar-refractivity contribution in [1.29, 1.82) is 0 Å². The van der Waals surface area contributed by atoms with Crippen LogP contribution < -0.4 is 0 Å². The van der Waals surface area contributed by atoms with Gasteiger partial charge >= 0.3 is 0 Å². The maximum atomic E-state index is 6.52. The minimum Gasteiger partial charge on any atom is -0.378 e. The second-order valence-electron chi connectivity index (χ2n) is 7.73. The molecule has 0 N–H and O–H groups in total. The topological polar surface area (TPSA) is 39.9 Å². The SMILES string of the molecule is COCc1nc(Cl)cc2c1c(I)nn2C(c1ccccc1)(c1ccccc1)c1ccccc1. The van der Waals surface area contributed by atoms with Crippen LogP contribution in [0.2, 0.25) is 5.15 Å². The largest absolute Gasteiger partial charge is 0.378 e. The lowest BCUT2D eigenvalue weighted by Gasteiger charge is -2.37. The first-order chi connectivity index (χ1) is 16.2. The molecule has 0 saturated heterocycles. The summed E-state index contributed by atoms with van der Waals surface area (Å²) < 4.78 is 8.38. The van der Waals surface area contributed by atoms with Crippen molar-refractivity contribution in [3.8, 4) is 0 Å². The monoisotopic (exact) mass is 565 g/mol. The fourth-order valence-corrected chi connectivity index (χ4v) is 5.54. The second kappa shape index (κ2) is 9.25. The van der Waals surface area contributed by atoms with Crippen molar-refractivity contribution >= 4 is 45.1 Å². The summed E-state index contributed by atoms with van der Waals surface area (Å²) >= 11 is 8.80. The Balaban J connectivity index is 1.98. The number of nitrogens with zero attached hydrogens (tertiary/aromatic N) is 3. The molecule has 3 aromatic carbocycles. The average molecular weight is 566 g/mol. The number of pyridine rings is 1. The zero-order chi connectivity index (χ0) is 22.8. The number of benzene rings is 3. The van der Waals surface area contributed by atoms with E-state index in [1.165, 1.54) is 0 Å². The van der Waals surface area contributed by atoms with E-state index >= 15 is 0 Å². The van der Waals surface area contributed by atoms with Gasteiger partial charge in [0.2, 0.25) is 0 Å². The molecule has 0 saturated carbocycles. The molecule has 0 spiro atoms. The molecule has 0 fully saturated rings. The molecule has 2 heterocycles. The van der Waals surface area contributed by atoms with Crippen LogP contribution in [0.3, 0.4) is 0 Å². The molecular formula is C27H21ClIN3O. The summed E-state index contributed by atoms with van der Waals surface area (Å²) in [6, 6.07) is 33.3. The highest BCUT2D eigenvalue weighted by Gasteiger charge is 2.41. The van der Waals surface area contributed by atoms with Gasteiger partial charge in [-0.05, 0) is 39.3 Å². The van der Waals surface area contributed by atoms with Gasteiger partial charge in [-0.15, -0.1) is 0 Å². The van der Waals surface area contributed by atoms with Crippen LogP contribution in [-0.4, -0.2) is 21.9 Å². The third-order valence-corrected chi connectivity index (χ3v) is 6.79. The molecule has 0 unspecified atom stereocenters. The third-order valence-electron chi connectivity index (χ3n) is 5.84. The van der Waals surface area contributed by atoms with Crippen molar-refractivity contribution in [2.24, 2.45) is 0 Å².